The summed E-state index contributed by atoms with van der Waals surface area (Å²) in [5, 5.41) is 16.8. The predicted octanol–water partition coefficient (Wildman–Crippen LogP) is 5.55. The number of amides is 2. The molecule has 0 fully saturated rings. The molecule has 0 aromatic heterocycles. The van der Waals surface area contributed by atoms with E-state index in [-0.39, 0.29) is 23.3 Å². The zero-order valence-electron chi connectivity index (χ0n) is 17.8. The molecule has 10 heteroatoms. The molecule has 0 heterocycles. The zero-order valence-corrected chi connectivity index (χ0v) is 19.3. The third kappa shape index (κ3) is 6.47. The van der Waals surface area contributed by atoms with Crippen LogP contribution in [0.1, 0.15) is 15.9 Å². The summed E-state index contributed by atoms with van der Waals surface area (Å²) in [6, 6.07) is 15.8. The number of nitro benzene ring substituents is 1. The average molecular weight is 486 g/mol. The van der Waals surface area contributed by atoms with E-state index in [2.05, 4.69) is 10.6 Å². The molecule has 0 aliphatic rings. The quantitative estimate of drug-likeness (QED) is 0.246. The molecule has 0 atom stereocenters. The maximum atomic E-state index is 12.4. The fraction of sp³-hybridized carbons (Fsp3) is 0.130. The van der Waals surface area contributed by atoms with E-state index < -0.39 is 4.92 Å². The number of rotatable bonds is 8. The van der Waals surface area contributed by atoms with E-state index in [0.29, 0.717) is 27.7 Å². The van der Waals surface area contributed by atoms with Gasteiger partial charge in [-0.15, -0.1) is 11.8 Å². The number of nitrogens with zero attached hydrogens (tertiary/aromatic N) is 1. The van der Waals surface area contributed by atoms with Crippen LogP contribution in [0, 0.1) is 17.0 Å². The van der Waals surface area contributed by atoms with Crippen LogP contribution in [0.5, 0.6) is 5.75 Å². The molecule has 0 saturated carbocycles. The van der Waals surface area contributed by atoms with E-state index in [9.17, 15) is 19.7 Å². The van der Waals surface area contributed by atoms with Gasteiger partial charge in [0.2, 0.25) is 5.91 Å². The van der Waals surface area contributed by atoms with Crippen LogP contribution in [0.2, 0.25) is 5.02 Å². The highest BCUT2D eigenvalue weighted by atomic mass is 35.5. The second-order valence-corrected chi connectivity index (χ2v) is 8.38. The highest BCUT2D eigenvalue weighted by molar-refractivity contribution is 8.00. The summed E-state index contributed by atoms with van der Waals surface area (Å²) in [5.74, 6) is 0.0869. The molecule has 3 rings (SSSR count). The SMILES string of the molecule is COc1cc(Cl)c(C)cc1NC(=O)CSc1ccc(NC(=O)c2ccc([N+](=O)[O-])cc2)cc1. The van der Waals surface area contributed by atoms with Gasteiger partial charge < -0.3 is 15.4 Å². The summed E-state index contributed by atoms with van der Waals surface area (Å²) in [5.41, 5.74) is 2.17. The summed E-state index contributed by atoms with van der Waals surface area (Å²) < 4.78 is 5.27. The van der Waals surface area contributed by atoms with Crippen LogP contribution >= 0.6 is 23.4 Å². The fourth-order valence-corrected chi connectivity index (χ4v) is 3.69. The Morgan fingerprint density at radius 1 is 1.06 bits per heavy atom. The second kappa shape index (κ2) is 10.8. The van der Waals surface area contributed by atoms with Gasteiger partial charge in [-0.25, -0.2) is 0 Å². The van der Waals surface area contributed by atoms with Crippen LogP contribution in [0.4, 0.5) is 17.1 Å². The Kier molecular flexibility index (Phi) is 7.92. The van der Waals surface area contributed by atoms with Gasteiger partial charge in [-0.05, 0) is 55.0 Å². The van der Waals surface area contributed by atoms with Crippen LogP contribution in [0.25, 0.3) is 0 Å². The minimum atomic E-state index is -0.522. The first-order chi connectivity index (χ1) is 15.8. The number of anilines is 2. The van der Waals surface area contributed by atoms with Crippen molar-refractivity contribution in [2.24, 2.45) is 0 Å². The van der Waals surface area contributed by atoms with Gasteiger partial charge in [-0.1, -0.05) is 11.6 Å². The molecular formula is C23H20ClN3O5S. The average Bonchev–Trinajstić information content (AvgIpc) is 2.80. The van der Waals surface area contributed by atoms with Crippen molar-refractivity contribution < 1.29 is 19.2 Å². The van der Waals surface area contributed by atoms with Gasteiger partial charge in [0.15, 0.2) is 0 Å². The molecule has 0 radical (unpaired) electrons. The standard InChI is InChI=1S/C23H20ClN3O5S/c1-14-11-20(21(32-2)12-19(14)24)26-22(28)13-33-18-9-5-16(6-10-18)25-23(29)15-3-7-17(8-4-15)27(30)31/h3-12H,13H2,1-2H3,(H,25,29)(H,26,28). The van der Waals surface area contributed by atoms with Crippen LogP contribution in [0.15, 0.2) is 65.6 Å². The number of nitro groups is 1. The number of carbonyl (C=O) groups is 2. The Morgan fingerprint density at radius 3 is 2.33 bits per heavy atom. The Labute approximate surface area is 199 Å². The van der Waals surface area contributed by atoms with Crippen LogP contribution in [-0.4, -0.2) is 29.6 Å². The van der Waals surface area contributed by atoms with Crippen molar-refractivity contribution in [2.45, 2.75) is 11.8 Å². The molecular weight excluding hydrogens is 466 g/mol. The summed E-state index contributed by atoms with van der Waals surface area (Å²) in [6.45, 7) is 1.84. The van der Waals surface area contributed by atoms with Gasteiger partial charge in [0.25, 0.3) is 11.6 Å². The monoisotopic (exact) mass is 485 g/mol. The number of carbonyl (C=O) groups excluding carboxylic acids is 2. The minimum Gasteiger partial charge on any atom is -0.495 e. The molecule has 3 aromatic rings. The summed E-state index contributed by atoms with van der Waals surface area (Å²) in [7, 11) is 1.51. The van der Waals surface area contributed by atoms with Crippen molar-refractivity contribution in [3.8, 4) is 5.75 Å². The molecule has 170 valence electrons. The molecule has 2 amide bonds. The van der Waals surface area contributed by atoms with Crippen molar-refractivity contribution in [1.29, 1.82) is 0 Å². The fourth-order valence-electron chi connectivity index (χ4n) is 2.84. The smallest absolute Gasteiger partial charge is 0.269 e. The van der Waals surface area contributed by atoms with Crippen molar-refractivity contribution >= 4 is 52.2 Å². The maximum Gasteiger partial charge on any atom is 0.269 e. The van der Waals surface area contributed by atoms with Gasteiger partial charge in [0.05, 0.1) is 23.5 Å². The molecule has 0 aliphatic heterocycles. The number of ether oxygens (including phenoxy) is 1. The van der Waals surface area contributed by atoms with Gasteiger partial charge in [0.1, 0.15) is 5.75 Å². The van der Waals surface area contributed by atoms with E-state index in [0.717, 1.165) is 10.5 Å². The van der Waals surface area contributed by atoms with Crippen molar-refractivity contribution in [1.82, 2.24) is 0 Å². The highest BCUT2D eigenvalue weighted by Crippen LogP contribution is 2.31. The van der Waals surface area contributed by atoms with E-state index >= 15 is 0 Å². The number of hydrogen-bond acceptors (Lipinski definition) is 6. The molecule has 0 saturated heterocycles. The van der Waals surface area contributed by atoms with E-state index in [4.69, 9.17) is 16.3 Å². The van der Waals surface area contributed by atoms with Crippen molar-refractivity contribution in [3.63, 3.8) is 0 Å². The Bertz CT molecular complexity index is 1180. The first-order valence-corrected chi connectivity index (χ1v) is 11.1. The van der Waals surface area contributed by atoms with E-state index in [1.807, 2.05) is 6.92 Å². The molecule has 0 bridgehead atoms. The van der Waals surface area contributed by atoms with E-state index in [1.54, 1.807) is 36.4 Å². The van der Waals surface area contributed by atoms with Crippen LogP contribution < -0.4 is 15.4 Å². The number of hydrogen-bond donors (Lipinski definition) is 2. The first kappa shape index (κ1) is 24.1. The summed E-state index contributed by atoms with van der Waals surface area (Å²) in [4.78, 5) is 35.7. The lowest BCUT2D eigenvalue weighted by Gasteiger charge is -2.12. The Hall–Kier alpha value is -3.56. The molecule has 2 N–H and O–H groups in total. The van der Waals surface area contributed by atoms with Gasteiger partial charge >= 0.3 is 0 Å². The molecule has 33 heavy (non-hydrogen) atoms. The number of nitrogens with one attached hydrogen (secondary N) is 2. The Morgan fingerprint density at radius 2 is 1.73 bits per heavy atom. The lowest BCUT2D eigenvalue weighted by Crippen LogP contribution is -2.15. The predicted molar refractivity (Wildman–Crippen MR) is 130 cm³/mol. The topological polar surface area (TPSA) is 111 Å². The zero-order chi connectivity index (χ0) is 24.0. The number of benzene rings is 3. The normalized spacial score (nSPS) is 10.4. The molecule has 3 aromatic carbocycles. The minimum absolute atomic E-state index is 0.0818. The van der Waals surface area contributed by atoms with Crippen molar-refractivity contribution in [3.05, 3.63) is 86.9 Å². The lowest BCUT2D eigenvalue weighted by atomic mass is 10.2. The number of methoxy groups -OCH3 is 1. The number of aryl methyl sites for hydroxylation is 1. The second-order valence-electron chi connectivity index (χ2n) is 6.92. The number of thioether (sulfide) groups is 1. The number of halogens is 1. The van der Waals surface area contributed by atoms with E-state index in [1.165, 1.54) is 43.1 Å². The molecule has 0 unspecified atom stereocenters. The molecule has 8 nitrogen and oxygen atoms in total. The largest absolute Gasteiger partial charge is 0.495 e. The number of non-ortho nitro benzene ring substituents is 1. The third-order valence-corrected chi connectivity index (χ3v) is 6.00. The van der Waals surface area contributed by atoms with Crippen molar-refractivity contribution in [2.75, 3.05) is 23.5 Å². The van der Waals surface area contributed by atoms with Gasteiger partial charge in [0, 0.05) is 39.4 Å². The molecule has 0 spiro atoms. The maximum absolute atomic E-state index is 12.4. The summed E-state index contributed by atoms with van der Waals surface area (Å²) in [6.07, 6.45) is 0. The van der Waals surface area contributed by atoms with Gasteiger partial charge in [-0.3, -0.25) is 19.7 Å². The molecule has 0 aliphatic carbocycles. The van der Waals surface area contributed by atoms with Gasteiger partial charge in [-0.2, -0.15) is 0 Å². The summed E-state index contributed by atoms with van der Waals surface area (Å²) >= 11 is 7.43. The third-order valence-electron chi connectivity index (χ3n) is 4.58. The Balaban J connectivity index is 1.54. The lowest BCUT2D eigenvalue weighted by molar-refractivity contribution is -0.384. The highest BCUT2D eigenvalue weighted by Gasteiger charge is 2.12. The van der Waals surface area contributed by atoms with Crippen LogP contribution in [0.3, 0.4) is 0 Å². The first-order valence-electron chi connectivity index (χ1n) is 9.69. The van der Waals surface area contributed by atoms with Crippen LogP contribution in [-0.2, 0) is 4.79 Å².